The van der Waals surface area contributed by atoms with Crippen LogP contribution >= 0.6 is 0 Å². The lowest BCUT2D eigenvalue weighted by molar-refractivity contribution is -0.120. The summed E-state index contributed by atoms with van der Waals surface area (Å²) in [6, 6.07) is 9.79. The van der Waals surface area contributed by atoms with Crippen molar-refractivity contribution in [1.29, 1.82) is 0 Å². The summed E-state index contributed by atoms with van der Waals surface area (Å²) >= 11 is 0. The number of para-hydroxylation sites is 1. The maximum atomic E-state index is 12.9. The number of fused-ring (bicyclic) bond motifs is 1. The number of anilines is 1. The van der Waals surface area contributed by atoms with Gasteiger partial charge in [0.25, 0.3) is 5.91 Å². The fourth-order valence-electron chi connectivity index (χ4n) is 3.89. The van der Waals surface area contributed by atoms with E-state index in [0.717, 1.165) is 17.8 Å². The van der Waals surface area contributed by atoms with E-state index in [2.05, 4.69) is 9.97 Å². The number of carbonyl (C=O) groups is 2. The van der Waals surface area contributed by atoms with E-state index >= 15 is 0 Å². The van der Waals surface area contributed by atoms with E-state index in [0.29, 0.717) is 25.1 Å². The highest BCUT2D eigenvalue weighted by molar-refractivity contribution is 5.97. The Morgan fingerprint density at radius 2 is 1.88 bits per heavy atom. The van der Waals surface area contributed by atoms with Gasteiger partial charge in [-0.25, -0.2) is 4.98 Å². The molecule has 6 nitrogen and oxygen atoms in total. The van der Waals surface area contributed by atoms with Crippen molar-refractivity contribution in [3.05, 3.63) is 54.1 Å². The van der Waals surface area contributed by atoms with Gasteiger partial charge in [-0.3, -0.25) is 14.6 Å². The quantitative estimate of drug-likeness (QED) is 0.843. The molecule has 2 atom stereocenters. The van der Waals surface area contributed by atoms with Crippen molar-refractivity contribution in [3.8, 4) is 0 Å². The summed E-state index contributed by atoms with van der Waals surface area (Å²) in [5, 5.41) is 0. The van der Waals surface area contributed by atoms with Gasteiger partial charge in [0, 0.05) is 24.8 Å². The highest BCUT2D eigenvalue weighted by Crippen LogP contribution is 2.35. The van der Waals surface area contributed by atoms with Gasteiger partial charge in [0.2, 0.25) is 5.91 Å². The number of aryl methyl sites for hydroxylation is 1. The molecule has 4 rings (SSSR count). The number of rotatable bonds is 2. The third-order valence-electron chi connectivity index (χ3n) is 5.06. The highest BCUT2D eigenvalue weighted by Gasteiger charge is 2.45. The van der Waals surface area contributed by atoms with Crippen molar-refractivity contribution in [2.45, 2.75) is 38.3 Å². The molecule has 0 unspecified atom stereocenters. The van der Waals surface area contributed by atoms with E-state index in [9.17, 15) is 9.59 Å². The number of hydrogen-bond donors (Lipinski definition) is 0. The Kier molecular flexibility index (Phi) is 3.95. The highest BCUT2D eigenvalue weighted by atomic mass is 16.2. The lowest BCUT2D eigenvalue weighted by atomic mass is 9.95. The molecule has 2 aromatic rings. The molecule has 25 heavy (non-hydrogen) atoms. The van der Waals surface area contributed by atoms with Crippen LogP contribution in [0.2, 0.25) is 0 Å². The van der Waals surface area contributed by atoms with E-state index in [1.807, 2.05) is 47.1 Å². The number of piperidine rings is 1. The van der Waals surface area contributed by atoms with E-state index in [-0.39, 0.29) is 23.9 Å². The molecule has 0 aliphatic carbocycles. The monoisotopic (exact) mass is 336 g/mol. The smallest absolute Gasteiger partial charge is 0.274 e. The topological polar surface area (TPSA) is 66.4 Å². The van der Waals surface area contributed by atoms with Crippen LogP contribution in [0.5, 0.6) is 0 Å². The minimum absolute atomic E-state index is 0.0333. The Balaban J connectivity index is 1.60. The summed E-state index contributed by atoms with van der Waals surface area (Å²) in [6.45, 7) is 2.48. The summed E-state index contributed by atoms with van der Waals surface area (Å²) in [5.74, 6) is 0.0410. The van der Waals surface area contributed by atoms with E-state index in [1.165, 1.54) is 6.20 Å². The summed E-state index contributed by atoms with van der Waals surface area (Å²) in [7, 11) is 0. The zero-order chi connectivity index (χ0) is 17.4. The van der Waals surface area contributed by atoms with Crippen molar-refractivity contribution >= 4 is 17.5 Å². The summed E-state index contributed by atoms with van der Waals surface area (Å²) in [4.78, 5) is 37.5. The average molecular weight is 336 g/mol. The third-order valence-corrected chi connectivity index (χ3v) is 5.06. The van der Waals surface area contributed by atoms with Crippen molar-refractivity contribution in [2.24, 2.45) is 0 Å². The Hall–Kier alpha value is -2.76. The molecule has 2 aliphatic rings. The average Bonchev–Trinajstić information content (AvgIpc) is 3.06. The van der Waals surface area contributed by atoms with E-state index in [4.69, 9.17) is 0 Å². The number of carbonyl (C=O) groups excluding carboxylic acids is 2. The molecule has 3 heterocycles. The molecule has 2 amide bonds. The number of aromatic nitrogens is 2. The first-order chi connectivity index (χ1) is 12.1. The van der Waals surface area contributed by atoms with E-state index < -0.39 is 0 Å². The Labute approximate surface area is 146 Å². The second-order valence-electron chi connectivity index (χ2n) is 6.60. The minimum Gasteiger partial charge on any atom is -0.332 e. The molecule has 2 aliphatic heterocycles. The van der Waals surface area contributed by atoms with Gasteiger partial charge in [-0.2, -0.15) is 0 Å². The number of likely N-dealkylation sites (tertiary alicyclic amines) is 1. The number of amides is 2. The lowest BCUT2D eigenvalue weighted by Crippen LogP contribution is -2.53. The lowest BCUT2D eigenvalue weighted by Gasteiger charge is -2.39. The van der Waals surface area contributed by atoms with Crippen molar-refractivity contribution in [1.82, 2.24) is 14.9 Å². The van der Waals surface area contributed by atoms with Crippen LogP contribution in [0.3, 0.4) is 0 Å². The minimum atomic E-state index is -0.0950. The van der Waals surface area contributed by atoms with Crippen LogP contribution < -0.4 is 4.90 Å². The number of nitrogens with zero attached hydrogens (tertiary/aromatic N) is 4. The van der Waals surface area contributed by atoms with Gasteiger partial charge >= 0.3 is 0 Å². The third kappa shape index (κ3) is 2.77. The van der Waals surface area contributed by atoms with Gasteiger partial charge in [0.15, 0.2) is 0 Å². The van der Waals surface area contributed by atoms with Crippen LogP contribution in [0.1, 0.15) is 35.4 Å². The van der Waals surface area contributed by atoms with Crippen LogP contribution in [0.4, 0.5) is 5.69 Å². The Bertz CT molecular complexity index is 791. The molecule has 2 saturated heterocycles. The fourth-order valence-corrected chi connectivity index (χ4v) is 3.89. The molecule has 1 aromatic heterocycles. The molecular weight excluding hydrogens is 316 g/mol. The van der Waals surface area contributed by atoms with E-state index in [1.54, 1.807) is 6.20 Å². The number of hydrogen-bond acceptors (Lipinski definition) is 4. The predicted molar refractivity (Wildman–Crippen MR) is 93.2 cm³/mol. The molecule has 128 valence electrons. The molecule has 0 bridgehead atoms. The summed E-state index contributed by atoms with van der Waals surface area (Å²) in [5.41, 5.74) is 2.07. The Morgan fingerprint density at radius 1 is 1.08 bits per heavy atom. The first kappa shape index (κ1) is 15.7. The molecule has 0 spiro atoms. The van der Waals surface area contributed by atoms with Crippen LogP contribution in [0.25, 0.3) is 0 Å². The molecular formula is C19H20N4O2. The molecule has 2 fully saturated rings. The Morgan fingerprint density at radius 3 is 2.60 bits per heavy atom. The van der Waals surface area contributed by atoms with Crippen molar-refractivity contribution < 1.29 is 9.59 Å². The second-order valence-corrected chi connectivity index (χ2v) is 6.60. The molecule has 0 radical (unpaired) electrons. The van der Waals surface area contributed by atoms with Crippen LogP contribution in [-0.4, -0.2) is 45.3 Å². The van der Waals surface area contributed by atoms with Gasteiger partial charge in [0.05, 0.1) is 24.0 Å². The largest absolute Gasteiger partial charge is 0.332 e. The first-order valence-electron chi connectivity index (χ1n) is 8.62. The normalized spacial score (nSPS) is 22.8. The van der Waals surface area contributed by atoms with Crippen molar-refractivity contribution in [3.63, 3.8) is 0 Å². The summed E-state index contributed by atoms with van der Waals surface area (Å²) in [6.07, 6.45) is 5.10. The van der Waals surface area contributed by atoms with Gasteiger partial charge in [-0.15, -0.1) is 0 Å². The van der Waals surface area contributed by atoms with Gasteiger partial charge in [0.1, 0.15) is 5.69 Å². The summed E-state index contributed by atoms with van der Waals surface area (Å²) < 4.78 is 0. The maximum Gasteiger partial charge on any atom is 0.274 e. The van der Waals surface area contributed by atoms with Crippen molar-refractivity contribution in [2.75, 3.05) is 11.4 Å². The zero-order valence-corrected chi connectivity index (χ0v) is 14.1. The van der Waals surface area contributed by atoms with Gasteiger partial charge in [-0.1, -0.05) is 18.2 Å². The molecule has 1 aromatic carbocycles. The van der Waals surface area contributed by atoms with Gasteiger partial charge < -0.3 is 9.80 Å². The van der Waals surface area contributed by atoms with Crippen LogP contribution in [-0.2, 0) is 4.79 Å². The molecule has 6 heteroatoms. The predicted octanol–water partition coefficient (Wildman–Crippen LogP) is 2.20. The SMILES string of the molecule is Cc1cnc(C(=O)N2CC[C@H]3[C@@H]2CCC(=O)N3c2ccccc2)cn1. The number of benzene rings is 1. The maximum absolute atomic E-state index is 12.9. The second kappa shape index (κ2) is 6.27. The first-order valence-corrected chi connectivity index (χ1v) is 8.62. The molecule has 0 N–H and O–H groups in total. The van der Waals surface area contributed by atoms with Crippen LogP contribution in [0.15, 0.2) is 42.7 Å². The fraction of sp³-hybridized carbons (Fsp3) is 0.368. The standard InChI is InChI=1S/C19H20N4O2/c1-13-11-21-15(12-20-13)19(25)22-10-9-17-16(22)7-8-18(24)23(17)14-5-3-2-4-6-14/h2-6,11-12,16-17H,7-10H2,1H3/t16-,17-/m0/s1. The van der Waals surface area contributed by atoms with Crippen LogP contribution in [0, 0.1) is 6.92 Å². The van der Waals surface area contributed by atoms with Gasteiger partial charge in [-0.05, 0) is 31.9 Å². The molecule has 0 saturated carbocycles. The zero-order valence-electron chi connectivity index (χ0n) is 14.1.